The lowest BCUT2D eigenvalue weighted by Gasteiger charge is -2.15. The number of aromatic nitrogens is 2. The fourth-order valence-corrected chi connectivity index (χ4v) is 3.75. The number of terminal acetylenes is 1. The zero-order valence-electron chi connectivity index (χ0n) is 19.3. The predicted molar refractivity (Wildman–Crippen MR) is 139 cm³/mol. The Labute approximate surface area is 201 Å². The third-order valence-electron chi connectivity index (χ3n) is 5.54. The van der Waals surface area contributed by atoms with Gasteiger partial charge >= 0.3 is 0 Å². The molecule has 0 aliphatic rings. The highest BCUT2D eigenvalue weighted by Gasteiger charge is 2.16. The molecule has 0 fully saturated rings. The van der Waals surface area contributed by atoms with Gasteiger partial charge in [-0.1, -0.05) is 36.3 Å². The summed E-state index contributed by atoms with van der Waals surface area (Å²) in [5.74, 6) is 3.79. The maximum absolute atomic E-state index is 13.5. The van der Waals surface area contributed by atoms with Gasteiger partial charge in [0.1, 0.15) is 17.9 Å². The van der Waals surface area contributed by atoms with Crippen LogP contribution in [0.1, 0.15) is 5.56 Å². The Morgan fingerprint density at radius 2 is 1.91 bits per heavy atom. The second-order valence-electron chi connectivity index (χ2n) is 8.07. The lowest BCUT2D eigenvalue weighted by molar-refractivity contribution is 0.370. The number of furan rings is 1. The molecular weight excluding hydrogens is 440 g/mol. The molecule has 0 saturated carbocycles. The van der Waals surface area contributed by atoms with Crippen LogP contribution in [0.3, 0.4) is 0 Å². The van der Waals surface area contributed by atoms with Crippen molar-refractivity contribution in [1.29, 1.82) is 0 Å². The van der Waals surface area contributed by atoms with Gasteiger partial charge in [-0.25, -0.2) is 4.98 Å². The smallest absolute Gasteiger partial charge is 0.282 e. The summed E-state index contributed by atoms with van der Waals surface area (Å²) in [5, 5.41) is 5.89. The number of rotatable bonds is 6. The molecule has 5 aromatic rings. The normalized spacial score (nSPS) is 11.2. The van der Waals surface area contributed by atoms with Gasteiger partial charge in [0.05, 0.1) is 17.1 Å². The summed E-state index contributed by atoms with van der Waals surface area (Å²) >= 11 is 0. The molecule has 0 saturated heterocycles. The first kappa shape index (κ1) is 22.0. The van der Waals surface area contributed by atoms with Crippen molar-refractivity contribution in [3.63, 3.8) is 0 Å². The molecule has 2 aromatic heterocycles. The van der Waals surface area contributed by atoms with E-state index in [1.807, 2.05) is 73.6 Å². The van der Waals surface area contributed by atoms with E-state index in [9.17, 15) is 4.79 Å². The van der Waals surface area contributed by atoms with Crippen molar-refractivity contribution in [3.05, 3.63) is 88.7 Å². The first-order chi connectivity index (χ1) is 17.0. The molecule has 0 atom stereocenters. The van der Waals surface area contributed by atoms with E-state index >= 15 is 0 Å². The summed E-state index contributed by atoms with van der Waals surface area (Å²) in [4.78, 5) is 20.1. The van der Waals surface area contributed by atoms with Crippen molar-refractivity contribution in [2.24, 2.45) is 5.10 Å². The van der Waals surface area contributed by atoms with Gasteiger partial charge in [-0.05, 0) is 36.4 Å². The van der Waals surface area contributed by atoms with E-state index in [2.05, 4.69) is 11.0 Å². The highest BCUT2D eigenvalue weighted by Crippen LogP contribution is 2.28. The molecule has 35 heavy (non-hydrogen) atoms. The Morgan fingerprint density at radius 3 is 2.71 bits per heavy atom. The van der Waals surface area contributed by atoms with Gasteiger partial charge in [-0.15, -0.1) is 6.42 Å². The molecule has 172 valence electrons. The molecule has 0 radical (unpaired) electrons. The van der Waals surface area contributed by atoms with Crippen LogP contribution >= 0.6 is 0 Å². The van der Waals surface area contributed by atoms with Gasteiger partial charge in [-0.2, -0.15) is 9.78 Å². The lowest BCUT2D eigenvalue weighted by Crippen LogP contribution is -2.20. The summed E-state index contributed by atoms with van der Waals surface area (Å²) in [6.07, 6.45) is 6.96. The third-order valence-corrected chi connectivity index (χ3v) is 5.54. The zero-order chi connectivity index (χ0) is 24.4. The average molecular weight is 463 g/mol. The number of fused-ring (bicyclic) bond motifs is 2. The molecule has 2 heterocycles. The average Bonchev–Trinajstić information content (AvgIpc) is 3.31. The van der Waals surface area contributed by atoms with Crippen LogP contribution in [0.15, 0.2) is 87.1 Å². The molecule has 0 amide bonds. The van der Waals surface area contributed by atoms with E-state index in [1.54, 1.807) is 24.4 Å². The van der Waals surface area contributed by atoms with Crippen LogP contribution < -0.4 is 15.2 Å². The molecule has 0 spiro atoms. The van der Waals surface area contributed by atoms with Gasteiger partial charge < -0.3 is 14.1 Å². The Kier molecular flexibility index (Phi) is 5.78. The second-order valence-corrected chi connectivity index (χ2v) is 8.07. The van der Waals surface area contributed by atoms with Gasteiger partial charge in [0.15, 0.2) is 5.76 Å². The molecule has 0 bridgehead atoms. The Bertz CT molecular complexity index is 1640. The van der Waals surface area contributed by atoms with Crippen LogP contribution in [-0.2, 0) is 0 Å². The largest absolute Gasteiger partial charge is 0.480 e. The third kappa shape index (κ3) is 4.25. The topological polar surface area (TPSA) is 72.9 Å². The number of ether oxygens (including phenoxy) is 1. The summed E-state index contributed by atoms with van der Waals surface area (Å²) in [7, 11) is 3.88. The van der Waals surface area contributed by atoms with Crippen LogP contribution in [0.5, 0.6) is 5.75 Å². The molecule has 7 heteroatoms. The zero-order valence-corrected chi connectivity index (χ0v) is 19.3. The Morgan fingerprint density at radius 1 is 1.11 bits per heavy atom. The van der Waals surface area contributed by atoms with Crippen LogP contribution in [0.4, 0.5) is 5.69 Å². The van der Waals surface area contributed by atoms with Gasteiger partial charge in [0.2, 0.25) is 5.82 Å². The van der Waals surface area contributed by atoms with Crippen molar-refractivity contribution in [1.82, 2.24) is 9.66 Å². The Hall–Kier alpha value is -4.83. The molecule has 0 unspecified atom stereocenters. The van der Waals surface area contributed by atoms with Gasteiger partial charge in [0, 0.05) is 36.8 Å². The maximum Gasteiger partial charge on any atom is 0.282 e. The summed E-state index contributed by atoms with van der Waals surface area (Å²) in [6.45, 7) is 0.111. The number of anilines is 1. The number of para-hydroxylation sites is 2. The molecule has 3 aromatic carbocycles. The Balaban J connectivity index is 1.68. The molecule has 0 N–H and O–H groups in total. The minimum absolute atomic E-state index is 0.111. The van der Waals surface area contributed by atoms with E-state index < -0.39 is 0 Å². The van der Waals surface area contributed by atoms with E-state index in [0.29, 0.717) is 39.4 Å². The van der Waals surface area contributed by atoms with Gasteiger partial charge in [0.25, 0.3) is 5.56 Å². The van der Waals surface area contributed by atoms with Gasteiger partial charge in [-0.3, -0.25) is 4.79 Å². The van der Waals surface area contributed by atoms with Crippen molar-refractivity contribution in [2.75, 3.05) is 25.6 Å². The minimum Gasteiger partial charge on any atom is -0.480 e. The molecule has 0 aliphatic carbocycles. The standard InChI is InChI=1S/C28H22N4O3/c1-4-15-34-25-17-21(31(2)3)14-13-20(25)18-29-32-27(26-16-19-9-5-8-12-24(19)35-26)30-23-11-7-6-10-22(23)28(32)33/h1,5-14,16-18H,15H2,2-3H3. The van der Waals surface area contributed by atoms with Crippen LogP contribution in [0.25, 0.3) is 33.5 Å². The molecule has 0 aliphatic heterocycles. The summed E-state index contributed by atoms with van der Waals surface area (Å²) in [6, 6.07) is 22.3. The van der Waals surface area contributed by atoms with E-state index in [0.717, 1.165) is 11.1 Å². The highest BCUT2D eigenvalue weighted by molar-refractivity contribution is 5.86. The molecular formula is C28H22N4O3. The quantitative estimate of drug-likeness (QED) is 0.269. The van der Waals surface area contributed by atoms with E-state index in [-0.39, 0.29) is 12.2 Å². The minimum atomic E-state index is -0.307. The van der Waals surface area contributed by atoms with E-state index in [4.69, 9.17) is 20.6 Å². The second kappa shape index (κ2) is 9.20. The number of hydrogen-bond acceptors (Lipinski definition) is 6. The van der Waals surface area contributed by atoms with Crippen molar-refractivity contribution in [3.8, 4) is 29.7 Å². The monoisotopic (exact) mass is 462 g/mol. The summed E-state index contributed by atoms with van der Waals surface area (Å²) < 4.78 is 13.0. The van der Waals surface area contributed by atoms with Crippen LogP contribution in [0.2, 0.25) is 0 Å². The van der Waals surface area contributed by atoms with Crippen LogP contribution in [0, 0.1) is 12.3 Å². The lowest BCUT2D eigenvalue weighted by atomic mass is 10.2. The first-order valence-electron chi connectivity index (χ1n) is 11.0. The van der Waals surface area contributed by atoms with E-state index in [1.165, 1.54) is 4.68 Å². The summed E-state index contributed by atoms with van der Waals surface area (Å²) in [5.41, 5.74) is 2.57. The van der Waals surface area contributed by atoms with Crippen LogP contribution in [-0.4, -0.2) is 36.6 Å². The van der Waals surface area contributed by atoms with Crippen molar-refractivity contribution >= 4 is 33.8 Å². The number of benzene rings is 3. The molecule has 5 rings (SSSR count). The number of nitrogens with zero attached hydrogens (tertiary/aromatic N) is 4. The SMILES string of the molecule is C#CCOc1cc(N(C)C)ccc1C=Nn1c(-c2cc3ccccc3o2)nc2ccccc2c1=O. The number of hydrogen-bond donors (Lipinski definition) is 0. The fraction of sp³-hybridized carbons (Fsp3) is 0.107. The fourth-order valence-electron chi connectivity index (χ4n) is 3.75. The predicted octanol–water partition coefficient (Wildman–Crippen LogP) is 4.77. The maximum atomic E-state index is 13.5. The van der Waals surface area contributed by atoms with Crippen molar-refractivity contribution in [2.45, 2.75) is 0 Å². The molecule has 7 nitrogen and oxygen atoms in total. The highest BCUT2D eigenvalue weighted by atomic mass is 16.5. The first-order valence-corrected chi connectivity index (χ1v) is 11.0. The van der Waals surface area contributed by atoms with Crippen molar-refractivity contribution < 1.29 is 9.15 Å².